The first-order chi connectivity index (χ1) is 10.0. The summed E-state index contributed by atoms with van der Waals surface area (Å²) >= 11 is 0. The third-order valence-corrected chi connectivity index (χ3v) is 3.99. The van der Waals surface area contributed by atoms with Crippen LogP contribution in [-0.2, 0) is 4.79 Å². The minimum atomic E-state index is -0.336. The third-order valence-electron chi connectivity index (χ3n) is 3.99. The number of nitrogen functional groups attached to an aromatic ring is 1. The molecule has 0 aliphatic carbocycles. The van der Waals surface area contributed by atoms with Gasteiger partial charge in [-0.2, -0.15) is 0 Å². The van der Waals surface area contributed by atoms with Gasteiger partial charge in [-0.15, -0.1) is 0 Å². The molecular formula is C15H18N4O2. The lowest BCUT2D eigenvalue weighted by Gasteiger charge is -2.30. The number of H-pyrrole nitrogens is 1. The lowest BCUT2D eigenvalue weighted by Crippen LogP contribution is -2.44. The summed E-state index contributed by atoms with van der Waals surface area (Å²) in [6, 6.07) is 7.26. The van der Waals surface area contributed by atoms with Gasteiger partial charge in [-0.3, -0.25) is 9.59 Å². The molecule has 1 aromatic carbocycles. The van der Waals surface area contributed by atoms with E-state index in [0.29, 0.717) is 24.5 Å². The van der Waals surface area contributed by atoms with Crippen molar-refractivity contribution in [1.82, 2.24) is 9.88 Å². The van der Waals surface area contributed by atoms with E-state index in [-0.39, 0.29) is 17.7 Å². The number of aromatic nitrogens is 1. The predicted molar refractivity (Wildman–Crippen MR) is 80.5 cm³/mol. The molecule has 1 aliphatic rings. The van der Waals surface area contributed by atoms with E-state index in [1.165, 1.54) is 0 Å². The molecule has 3 rings (SSSR count). The number of nitrogens with one attached hydrogen (secondary N) is 1. The first-order valence-electron chi connectivity index (χ1n) is 7.01. The largest absolute Gasteiger partial charge is 0.399 e. The van der Waals surface area contributed by atoms with E-state index in [4.69, 9.17) is 11.5 Å². The van der Waals surface area contributed by atoms with Gasteiger partial charge in [0, 0.05) is 29.7 Å². The highest BCUT2D eigenvalue weighted by molar-refractivity contribution is 5.98. The molecule has 21 heavy (non-hydrogen) atoms. The highest BCUT2D eigenvalue weighted by atomic mass is 16.2. The van der Waals surface area contributed by atoms with E-state index in [1.807, 2.05) is 12.1 Å². The number of nitrogens with zero attached hydrogens (tertiary/aromatic N) is 1. The Labute approximate surface area is 122 Å². The first-order valence-corrected chi connectivity index (χ1v) is 7.01. The zero-order valence-corrected chi connectivity index (χ0v) is 11.6. The normalized spacial score (nSPS) is 18.9. The summed E-state index contributed by atoms with van der Waals surface area (Å²) in [5.74, 6) is -0.685. The molecular weight excluding hydrogens is 268 g/mol. The fourth-order valence-electron chi connectivity index (χ4n) is 2.83. The number of carbonyl (C=O) groups excluding carboxylic acids is 2. The Morgan fingerprint density at radius 3 is 2.86 bits per heavy atom. The number of nitrogens with two attached hydrogens (primary N) is 2. The van der Waals surface area contributed by atoms with Crippen LogP contribution >= 0.6 is 0 Å². The van der Waals surface area contributed by atoms with Gasteiger partial charge in [0.15, 0.2) is 0 Å². The minimum Gasteiger partial charge on any atom is -0.399 e. The van der Waals surface area contributed by atoms with Gasteiger partial charge in [-0.05, 0) is 37.1 Å². The van der Waals surface area contributed by atoms with Gasteiger partial charge in [0.2, 0.25) is 5.91 Å². The second-order valence-electron chi connectivity index (χ2n) is 5.52. The van der Waals surface area contributed by atoms with Crippen molar-refractivity contribution in [3.63, 3.8) is 0 Å². The zero-order chi connectivity index (χ0) is 15.0. The van der Waals surface area contributed by atoms with Crippen LogP contribution in [0.5, 0.6) is 0 Å². The maximum Gasteiger partial charge on any atom is 0.270 e. The second-order valence-corrected chi connectivity index (χ2v) is 5.52. The van der Waals surface area contributed by atoms with Gasteiger partial charge in [0.05, 0.1) is 5.92 Å². The fourth-order valence-corrected chi connectivity index (χ4v) is 2.83. The number of fused-ring (bicyclic) bond motifs is 1. The number of aromatic amines is 1. The van der Waals surface area contributed by atoms with Gasteiger partial charge in [-0.25, -0.2) is 0 Å². The van der Waals surface area contributed by atoms with Crippen molar-refractivity contribution >= 4 is 28.4 Å². The molecule has 2 amide bonds. The van der Waals surface area contributed by atoms with Crippen molar-refractivity contribution in [3.8, 4) is 0 Å². The molecule has 0 radical (unpaired) electrons. The molecule has 1 fully saturated rings. The van der Waals surface area contributed by atoms with Crippen LogP contribution in [0.15, 0.2) is 24.3 Å². The summed E-state index contributed by atoms with van der Waals surface area (Å²) in [5.41, 5.74) is 13.1. The Balaban J connectivity index is 1.84. The number of amides is 2. The highest BCUT2D eigenvalue weighted by Crippen LogP contribution is 2.22. The molecule has 5 N–H and O–H groups in total. The van der Waals surface area contributed by atoms with Crippen LogP contribution in [0.25, 0.3) is 10.9 Å². The molecule has 6 heteroatoms. The van der Waals surface area contributed by atoms with Crippen LogP contribution in [-0.4, -0.2) is 34.8 Å². The molecule has 1 aliphatic heterocycles. The highest BCUT2D eigenvalue weighted by Gasteiger charge is 2.28. The fraction of sp³-hybridized carbons (Fsp3) is 0.333. The summed E-state index contributed by atoms with van der Waals surface area (Å²) in [7, 11) is 0. The summed E-state index contributed by atoms with van der Waals surface area (Å²) in [6.07, 6.45) is 1.55. The average molecular weight is 286 g/mol. The number of primary amides is 1. The third kappa shape index (κ3) is 2.56. The molecule has 2 heterocycles. The summed E-state index contributed by atoms with van der Waals surface area (Å²) in [5, 5.41) is 0.904. The lowest BCUT2D eigenvalue weighted by atomic mass is 9.97. The van der Waals surface area contributed by atoms with Crippen molar-refractivity contribution in [1.29, 1.82) is 0 Å². The van der Waals surface area contributed by atoms with E-state index >= 15 is 0 Å². The van der Waals surface area contributed by atoms with Gasteiger partial charge in [-0.1, -0.05) is 0 Å². The molecule has 2 aromatic rings. The van der Waals surface area contributed by atoms with E-state index in [9.17, 15) is 9.59 Å². The SMILES string of the molecule is NC(=O)C1CCCN(C(=O)c2cc3cc(N)ccc3[nH]2)C1. The maximum atomic E-state index is 12.5. The predicted octanol–water partition coefficient (Wildman–Crippen LogP) is 1.09. The summed E-state index contributed by atoms with van der Waals surface area (Å²) in [6.45, 7) is 1.05. The zero-order valence-electron chi connectivity index (χ0n) is 11.6. The first kappa shape index (κ1) is 13.5. The number of carbonyl (C=O) groups is 2. The Bertz CT molecular complexity index is 707. The Hall–Kier alpha value is -2.50. The molecule has 0 spiro atoms. The van der Waals surface area contributed by atoms with Crippen LogP contribution in [0.4, 0.5) is 5.69 Å². The molecule has 1 unspecified atom stereocenters. The Kier molecular flexibility index (Phi) is 3.29. The number of likely N-dealkylation sites (tertiary alicyclic amines) is 1. The number of hydrogen-bond donors (Lipinski definition) is 3. The topological polar surface area (TPSA) is 105 Å². The molecule has 0 bridgehead atoms. The summed E-state index contributed by atoms with van der Waals surface area (Å²) < 4.78 is 0. The van der Waals surface area contributed by atoms with Gasteiger partial charge in [0.1, 0.15) is 5.69 Å². The van der Waals surface area contributed by atoms with Crippen molar-refractivity contribution in [3.05, 3.63) is 30.0 Å². The molecule has 1 aromatic heterocycles. The summed E-state index contributed by atoms with van der Waals surface area (Å²) in [4.78, 5) is 28.6. The molecule has 1 atom stereocenters. The minimum absolute atomic E-state index is 0.101. The number of rotatable bonds is 2. The molecule has 1 saturated heterocycles. The lowest BCUT2D eigenvalue weighted by molar-refractivity contribution is -0.123. The van der Waals surface area contributed by atoms with Crippen molar-refractivity contribution in [2.75, 3.05) is 18.8 Å². The van der Waals surface area contributed by atoms with Gasteiger partial charge >= 0.3 is 0 Å². The number of hydrogen-bond acceptors (Lipinski definition) is 3. The van der Waals surface area contributed by atoms with E-state index in [2.05, 4.69) is 4.98 Å². The number of benzene rings is 1. The van der Waals surface area contributed by atoms with E-state index < -0.39 is 0 Å². The van der Waals surface area contributed by atoms with Gasteiger partial charge < -0.3 is 21.4 Å². The second kappa shape index (κ2) is 5.12. The van der Waals surface area contributed by atoms with Crippen LogP contribution < -0.4 is 11.5 Å². The van der Waals surface area contributed by atoms with Crippen LogP contribution in [0.3, 0.4) is 0 Å². The number of anilines is 1. The monoisotopic (exact) mass is 286 g/mol. The van der Waals surface area contributed by atoms with Crippen LogP contribution in [0.2, 0.25) is 0 Å². The van der Waals surface area contributed by atoms with Crippen molar-refractivity contribution < 1.29 is 9.59 Å². The smallest absolute Gasteiger partial charge is 0.270 e. The number of piperidine rings is 1. The molecule has 110 valence electrons. The molecule has 6 nitrogen and oxygen atoms in total. The van der Waals surface area contributed by atoms with Crippen LogP contribution in [0, 0.1) is 5.92 Å². The van der Waals surface area contributed by atoms with E-state index in [1.54, 1.807) is 17.0 Å². The van der Waals surface area contributed by atoms with Crippen LogP contribution in [0.1, 0.15) is 23.3 Å². The maximum absolute atomic E-state index is 12.5. The van der Waals surface area contributed by atoms with Crippen molar-refractivity contribution in [2.24, 2.45) is 11.7 Å². The van der Waals surface area contributed by atoms with E-state index in [0.717, 1.165) is 23.7 Å². The molecule has 0 saturated carbocycles. The average Bonchev–Trinajstić information content (AvgIpc) is 2.89. The quantitative estimate of drug-likeness (QED) is 0.719. The Morgan fingerprint density at radius 2 is 2.10 bits per heavy atom. The standard InChI is InChI=1S/C15H18N4O2/c16-11-3-4-12-10(6-11)7-13(18-12)15(21)19-5-1-2-9(8-19)14(17)20/h3-4,6-7,9,18H,1-2,5,8,16H2,(H2,17,20). The van der Waals surface area contributed by atoms with Crippen molar-refractivity contribution in [2.45, 2.75) is 12.8 Å². The van der Waals surface area contributed by atoms with Gasteiger partial charge in [0.25, 0.3) is 5.91 Å². The Morgan fingerprint density at radius 1 is 1.29 bits per heavy atom.